The molecule has 0 aliphatic heterocycles. The van der Waals surface area contributed by atoms with Gasteiger partial charge in [-0.25, -0.2) is 0 Å². The molecular weight excluding hydrogens is 236 g/mol. The lowest BCUT2D eigenvalue weighted by Gasteiger charge is -2.15. The van der Waals surface area contributed by atoms with Gasteiger partial charge < -0.3 is 10.1 Å². The molecule has 0 saturated heterocycles. The molecule has 0 spiro atoms. The summed E-state index contributed by atoms with van der Waals surface area (Å²) in [5.74, 6) is 0.562. The Morgan fingerprint density at radius 3 is 2.71 bits per heavy atom. The zero-order valence-corrected chi connectivity index (χ0v) is 11.1. The smallest absolute Gasteiger partial charge is 0.184 e. The predicted octanol–water partition coefficient (Wildman–Crippen LogP) is 3.30. The van der Waals surface area contributed by atoms with Gasteiger partial charge in [0.2, 0.25) is 0 Å². The maximum absolute atomic E-state index is 8.83. The fraction of sp³-hybridized carbons (Fsp3) is 0.462. The Morgan fingerprint density at radius 1 is 1.53 bits per heavy atom. The lowest BCUT2D eigenvalue weighted by molar-refractivity contribution is 0.252. The molecule has 0 fully saturated rings. The van der Waals surface area contributed by atoms with E-state index >= 15 is 0 Å². The van der Waals surface area contributed by atoms with Crippen molar-refractivity contribution in [2.75, 3.05) is 7.05 Å². The van der Waals surface area contributed by atoms with Crippen LogP contribution in [0, 0.1) is 11.3 Å². The molecule has 1 rings (SSSR count). The topological polar surface area (TPSA) is 45.0 Å². The summed E-state index contributed by atoms with van der Waals surface area (Å²) in [5.41, 5.74) is 1.09. The van der Waals surface area contributed by atoms with Crippen molar-refractivity contribution in [1.29, 1.82) is 5.26 Å². The number of ether oxygens (including phenoxy) is 1. The van der Waals surface area contributed by atoms with Gasteiger partial charge in [0, 0.05) is 6.04 Å². The number of nitrogens with zero attached hydrogens (tertiary/aromatic N) is 1. The van der Waals surface area contributed by atoms with Gasteiger partial charge in [0.25, 0.3) is 0 Å². The summed E-state index contributed by atoms with van der Waals surface area (Å²) < 4.78 is 5.50. The van der Waals surface area contributed by atoms with Crippen molar-refractivity contribution >= 4 is 11.6 Å². The van der Waals surface area contributed by atoms with Gasteiger partial charge >= 0.3 is 0 Å². The summed E-state index contributed by atoms with van der Waals surface area (Å²) in [6, 6.07) is 7.94. The van der Waals surface area contributed by atoms with Crippen LogP contribution in [0.3, 0.4) is 0 Å². The summed E-state index contributed by atoms with van der Waals surface area (Å²) in [4.78, 5) is 0. The molecule has 0 aliphatic carbocycles. The van der Waals surface area contributed by atoms with Crippen LogP contribution in [0.5, 0.6) is 5.75 Å². The van der Waals surface area contributed by atoms with E-state index in [-0.39, 0.29) is 6.04 Å². The van der Waals surface area contributed by atoms with Gasteiger partial charge in [-0.15, -0.1) is 0 Å². The summed E-state index contributed by atoms with van der Waals surface area (Å²) in [6.07, 6.45) is 0.196. The number of nitriles is 1. The summed E-state index contributed by atoms with van der Waals surface area (Å²) in [7, 11) is 1.89. The third kappa shape index (κ3) is 3.62. The van der Waals surface area contributed by atoms with E-state index in [1.165, 1.54) is 0 Å². The molecule has 0 aromatic heterocycles. The first-order chi connectivity index (χ1) is 8.12. The minimum Gasteiger partial charge on any atom is -0.474 e. The number of benzene rings is 1. The minimum atomic E-state index is -0.444. The third-order valence-electron chi connectivity index (χ3n) is 2.67. The van der Waals surface area contributed by atoms with Crippen molar-refractivity contribution in [2.45, 2.75) is 32.4 Å². The maximum atomic E-state index is 8.83. The quantitative estimate of drug-likeness (QED) is 0.875. The number of hydrogen-bond donors (Lipinski definition) is 1. The van der Waals surface area contributed by atoms with E-state index in [0.29, 0.717) is 17.2 Å². The van der Waals surface area contributed by atoms with E-state index in [0.717, 1.165) is 5.56 Å². The molecule has 17 heavy (non-hydrogen) atoms. The van der Waals surface area contributed by atoms with Crippen LogP contribution < -0.4 is 10.1 Å². The molecule has 1 N–H and O–H groups in total. The molecule has 0 bridgehead atoms. The van der Waals surface area contributed by atoms with Crippen molar-refractivity contribution in [2.24, 2.45) is 0 Å². The van der Waals surface area contributed by atoms with Gasteiger partial charge in [-0.2, -0.15) is 5.26 Å². The third-order valence-corrected chi connectivity index (χ3v) is 2.97. The highest BCUT2D eigenvalue weighted by Crippen LogP contribution is 2.28. The Hall–Kier alpha value is -1.24. The van der Waals surface area contributed by atoms with Crippen molar-refractivity contribution in [3.05, 3.63) is 28.8 Å². The second kappa shape index (κ2) is 6.48. The molecule has 0 aliphatic rings. The molecule has 3 nitrogen and oxygen atoms in total. The molecule has 0 saturated carbocycles. The SMILES string of the molecule is CCC(C#N)Oc1ccc(C(C)NC)cc1Cl. The first kappa shape index (κ1) is 13.8. The van der Waals surface area contributed by atoms with Crippen LogP contribution in [0.15, 0.2) is 18.2 Å². The number of nitrogens with one attached hydrogen (secondary N) is 1. The van der Waals surface area contributed by atoms with Crippen LogP contribution in [0.4, 0.5) is 0 Å². The monoisotopic (exact) mass is 252 g/mol. The largest absolute Gasteiger partial charge is 0.474 e. The van der Waals surface area contributed by atoms with Gasteiger partial charge in [0.1, 0.15) is 11.8 Å². The number of halogens is 1. The fourth-order valence-corrected chi connectivity index (χ4v) is 1.64. The second-order valence-corrected chi connectivity index (χ2v) is 4.25. The van der Waals surface area contributed by atoms with Crippen molar-refractivity contribution in [3.63, 3.8) is 0 Å². The molecule has 0 amide bonds. The fourth-order valence-electron chi connectivity index (χ4n) is 1.40. The molecule has 92 valence electrons. The molecule has 1 aromatic rings. The normalized spacial score (nSPS) is 13.8. The Morgan fingerprint density at radius 2 is 2.24 bits per heavy atom. The molecule has 4 heteroatoms. The lowest BCUT2D eigenvalue weighted by atomic mass is 10.1. The van der Waals surface area contributed by atoms with Crippen LogP contribution in [-0.4, -0.2) is 13.2 Å². The van der Waals surface area contributed by atoms with Crippen LogP contribution in [0.25, 0.3) is 0 Å². The lowest BCUT2D eigenvalue weighted by Crippen LogP contribution is -2.14. The summed E-state index contributed by atoms with van der Waals surface area (Å²) in [6.45, 7) is 3.95. The minimum absolute atomic E-state index is 0.236. The summed E-state index contributed by atoms with van der Waals surface area (Å²) in [5, 5.41) is 12.5. The average molecular weight is 253 g/mol. The first-order valence-electron chi connectivity index (χ1n) is 5.65. The van der Waals surface area contributed by atoms with Crippen molar-refractivity contribution < 1.29 is 4.74 Å². The average Bonchev–Trinajstić information content (AvgIpc) is 2.36. The van der Waals surface area contributed by atoms with Crippen LogP contribution in [0.1, 0.15) is 31.9 Å². The highest BCUT2D eigenvalue weighted by atomic mass is 35.5. The molecule has 0 heterocycles. The van der Waals surface area contributed by atoms with Gasteiger partial charge in [-0.3, -0.25) is 0 Å². The number of rotatable bonds is 5. The maximum Gasteiger partial charge on any atom is 0.184 e. The Kier molecular flexibility index (Phi) is 5.27. The second-order valence-electron chi connectivity index (χ2n) is 3.84. The van der Waals surface area contributed by atoms with Crippen LogP contribution >= 0.6 is 11.6 Å². The zero-order chi connectivity index (χ0) is 12.8. The highest BCUT2D eigenvalue weighted by molar-refractivity contribution is 6.32. The van der Waals surface area contributed by atoms with Gasteiger partial charge in [-0.1, -0.05) is 24.6 Å². The molecule has 1 aromatic carbocycles. The Bertz CT molecular complexity index is 414. The predicted molar refractivity (Wildman–Crippen MR) is 69.2 cm³/mol. The Balaban J connectivity index is 2.87. The van der Waals surface area contributed by atoms with E-state index < -0.39 is 6.10 Å². The van der Waals surface area contributed by atoms with Crippen molar-refractivity contribution in [1.82, 2.24) is 5.32 Å². The Labute approximate surface area is 107 Å². The van der Waals surface area contributed by atoms with Crippen molar-refractivity contribution in [3.8, 4) is 11.8 Å². The van der Waals surface area contributed by atoms with Gasteiger partial charge in [-0.05, 0) is 38.1 Å². The molecule has 2 unspecified atom stereocenters. The van der Waals surface area contributed by atoms with Gasteiger partial charge in [0.15, 0.2) is 6.10 Å². The molecular formula is C13H17ClN2O. The van der Waals surface area contributed by atoms with E-state index in [4.69, 9.17) is 21.6 Å². The summed E-state index contributed by atoms with van der Waals surface area (Å²) >= 11 is 6.13. The van der Waals surface area contributed by atoms with Gasteiger partial charge in [0.05, 0.1) is 5.02 Å². The molecule has 0 radical (unpaired) electrons. The van der Waals surface area contributed by atoms with E-state index in [2.05, 4.69) is 18.3 Å². The highest BCUT2D eigenvalue weighted by Gasteiger charge is 2.11. The van der Waals surface area contributed by atoms with E-state index in [9.17, 15) is 0 Å². The van der Waals surface area contributed by atoms with Crippen LogP contribution in [0.2, 0.25) is 5.02 Å². The first-order valence-corrected chi connectivity index (χ1v) is 6.03. The van der Waals surface area contributed by atoms with E-state index in [1.54, 1.807) is 0 Å². The standard InChI is InChI=1S/C13H17ClN2O/c1-4-11(8-15)17-13-6-5-10(7-12(13)14)9(2)16-3/h5-7,9,11,16H,4H2,1-3H3. The van der Waals surface area contributed by atoms with Crippen LogP contribution in [-0.2, 0) is 0 Å². The molecule has 2 atom stereocenters. The zero-order valence-electron chi connectivity index (χ0n) is 10.3. The number of hydrogen-bond acceptors (Lipinski definition) is 3. The van der Waals surface area contributed by atoms with E-state index in [1.807, 2.05) is 32.2 Å².